The highest BCUT2D eigenvalue weighted by Crippen LogP contribution is 2.40. The van der Waals surface area contributed by atoms with Crippen LogP contribution in [-0.4, -0.2) is 54.7 Å². The van der Waals surface area contributed by atoms with Crippen LogP contribution in [0.2, 0.25) is 0 Å². The molecule has 1 aliphatic rings. The van der Waals surface area contributed by atoms with Gasteiger partial charge in [-0.2, -0.15) is 0 Å². The van der Waals surface area contributed by atoms with E-state index in [2.05, 4.69) is 0 Å². The number of carbonyl (C=O) groups excluding carboxylic acids is 1. The molecule has 0 aliphatic carbocycles. The van der Waals surface area contributed by atoms with Gasteiger partial charge in [-0.05, 0) is 24.5 Å². The lowest BCUT2D eigenvalue weighted by atomic mass is 9.97. The average molecular weight is 498 g/mol. The molecule has 0 N–H and O–H groups in total. The Morgan fingerprint density at radius 3 is 2.42 bits per heavy atom. The van der Waals surface area contributed by atoms with Gasteiger partial charge in [0, 0.05) is 44.3 Å². The van der Waals surface area contributed by atoms with Crippen LogP contribution in [0.15, 0.2) is 45.6 Å². The zero-order chi connectivity index (χ0) is 25.8. The molecule has 11 heteroatoms. The Balaban J connectivity index is 1.40. The molecular formula is C25H27N3O8. The number of rotatable bonds is 9. The summed E-state index contributed by atoms with van der Waals surface area (Å²) in [6.45, 7) is 1.26. The van der Waals surface area contributed by atoms with Crippen LogP contribution in [0.1, 0.15) is 24.8 Å². The van der Waals surface area contributed by atoms with Crippen molar-refractivity contribution in [3.8, 4) is 17.2 Å². The summed E-state index contributed by atoms with van der Waals surface area (Å²) >= 11 is 0. The van der Waals surface area contributed by atoms with Crippen LogP contribution in [0.5, 0.6) is 17.2 Å². The number of amides is 1. The van der Waals surface area contributed by atoms with Crippen LogP contribution in [-0.2, 0) is 11.3 Å². The lowest BCUT2D eigenvalue weighted by Gasteiger charge is -2.28. The first kappa shape index (κ1) is 24.8. The second-order valence-electron chi connectivity index (χ2n) is 8.26. The minimum atomic E-state index is -0.606. The monoisotopic (exact) mass is 497 g/mol. The maximum absolute atomic E-state index is 12.8. The molecule has 0 unspecified atom stereocenters. The molecule has 1 amide bonds. The molecular weight excluding hydrogens is 470 g/mol. The molecule has 0 fully saturated rings. The number of benzene rings is 2. The average Bonchev–Trinajstić information content (AvgIpc) is 3.21. The zero-order valence-electron chi connectivity index (χ0n) is 20.3. The van der Waals surface area contributed by atoms with E-state index in [-0.39, 0.29) is 30.1 Å². The van der Waals surface area contributed by atoms with E-state index in [0.717, 1.165) is 11.1 Å². The molecule has 2 heterocycles. The van der Waals surface area contributed by atoms with Gasteiger partial charge in [0.05, 0.1) is 43.4 Å². The van der Waals surface area contributed by atoms with Crippen molar-refractivity contribution in [1.29, 1.82) is 0 Å². The third-order valence-electron chi connectivity index (χ3n) is 6.23. The number of methoxy groups -OCH3 is 3. The van der Waals surface area contributed by atoms with E-state index in [9.17, 15) is 19.7 Å². The normalized spacial score (nSPS) is 13.4. The largest absolute Gasteiger partial charge is 0.496 e. The predicted molar refractivity (Wildman–Crippen MR) is 132 cm³/mol. The van der Waals surface area contributed by atoms with Crippen molar-refractivity contribution < 1.29 is 28.3 Å². The fourth-order valence-electron chi connectivity index (χ4n) is 4.37. The summed E-state index contributed by atoms with van der Waals surface area (Å²) < 4.78 is 23.0. The lowest BCUT2D eigenvalue weighted by molar-refractivity contribution is -0.384. The van der Waals surface area contributed by atoms with Gasteiger partial charge in [-0.15, -0.1) is 0 Å². The Kier molecular flexibility index (Phi) is 7.28. The van der Waals surface area contributed by atoms with Gasteiger partial charge in [0.15, 0.2) is 5.58 Å². The smallest absolute Gasteiger partial charge is 0.419 e. The first-order chi connectivity index (χ1) is 17.4. The first-order valence-electron chi connectivity index (χ1n) is 11.4. The summed E-state index contributed by atoms with van der Waals surface area (Å²) in [5.74, 6) is 1.28. The van der Waals surface area contributed by atoms with E-state index in [1.165, 1.54) is 22.8 Å². The molecule has 11 nitrogen and oxygen atoms in total. The van der Waals surface area contributed by atoms with Crippen LogP contribution >= 0.6 is 0 Å². The summed E-state index contributed by atoms with van der Waals surface area (Å²) in [5, 5.41) is 10.9. The van der Waals surface area contributed by atoms with E-state index in [0.29, 0.717) is 48.7 Å². The van der Waals surface area contributed by atoms with Gasteiger partial charge in [0.25, 0.3) is 5.69 Å². The van der Waals surface area contributed by atoms with Crippen molar-refractivity contribution in [2.24, 2.45) is 0 Å². The van der Waals surface area contributed by atoms with Crippen molar-refractivity contribution >= 4 is 28.3 Å². The van der Waals surface area contributed by atoms with E-state index in [1.807, 2.05) is 6.08 Å². The fourth-order valence-corrected chi connectivity index (χ4v) is 4.37. The standard InChI is InChI=1S/C25H27N3O8/c1-33-18-14-21(34-2)24(22(15-18)35-3)16-8-11-26(12-9-16)23(29)5-4-10-27-19-7-6-17(28(31)32)13-20(19)36-25(27)30/h6-8,13-15H,4-5,9-12H2,1-3H3. The minimum Gasteiger partial charge on any atom is -0.496 e. The molecule has 0 radical (unpaired) electrons. The number of hydrogen-bond donors (Lipinski definition) is 0. The summed E-state index contributed by atoms with van der Waals surface area (Å²) in [6.07, 6.45) is 3.31. The Morgan fingerprint density at radius 2 is 1.83 bits per heavy atom. The maximum Gasteiger partial charge on any atom is 0.419 e. The molecule has 36 heavy (non-hydrogen) atoms. The molecule has 0 saturated heterocycles. The molecule has 1 aliphatic heterocycles. The molecule has 4 rings (SSSR count). The Morgan fingerprint density at radius 1 is 1.11 bits per heavy atom. The lowest BCUT2D eigenvalue weighted by Crippen LogP contribution is -2.34. The highest BCUT2D eigenvalue weighted by molar-refractivity contribution is 5.81. The Bertz CT molecular complexity index is 1360. The van der Waals surface area contributed by atoms with Crippen LogP contribution in [0.25, 0.3) is 16.7 Å². The van der Waals surface area contributed by atoms with Crippen LogP contribution in [0.4, 0.5) is 5.69 Å². The highest BCUT2D eigenvalue weighted by Gasteiger charge is 2.23. The molecule has 0 saturated carbocycles. The number of aromatic nitrogens is 1. The summed E-state index contributed by atoms with van der Waals surface area (Å²) in [6, 6.07) is 7.64. The van der Waals surface area contributed by atoms with E-state index in [1.54, 1.807) is 38.4 Å². The quantitative estimate of drug-likeness (QED) is 0.324. The van der Waals surface area contributed by atoms with Crippen molar-refractivity contribution in [1.82, 2.24) is 9.47 Å². The Labute approximate surface area is 206 Å². The number of fused-ring (bicyclic) bond motifs is 1. The second-order valence-corrected chi connectivity index (χ2v) is 8.26. The Hall–Kier alpha value is -4.28. The van der Waals surface area contributed by atoms with E-state index < -0.39 is 10.7 Å². The number of nitro benzene ring substituents is 1. The van der Waals surface area contributed by atoms with Gasteiger partial charge in [0.1, 0.15) is 17.2 Å². The summed E-state index contributed by atoms with van der Waals surface area (Å²) in [4.78, 5) is 37.2. The van der Waals surface area contributed by atoms with Crippen LogP contribution in [0.3, 0.4) is 0 Å². The second kappa shape index (κ2) is 10.5. The van der Waals surface area contributed by atoms with Crippen molar-refractivity contribution in [2.45, 2.75) is 25.8 Å². The SMILES string of the molecule is COc1cc(OC)c(C2=CCN(C(=O)CCCn3c(=O)oc4cc([N+](=O)[O-])ccc43)CC2)c(OC)c1. The zero-order valence-corrected chi connectivity index (χ0v) is 20.3. The van der Waals surface area contributed by atoms with Gasteiger partial charge in [0.2, 0.25) is 5.91 Å². The number of nitro groups is 1. The fraction of sp³-hybridized carbons (Fsp3) is 0.360. The molecule has 0 atom stereocenters. The van der Waals surface area contributed by atoms with Crippen LogP contribution < -0.4 is 20.0 Å². The molecule has 0 bridgehead atoms. The minimum absolute atomic E-state index is 0.0181. The summed E-state index contributed by atoms with van der Waals surface area (Å²) in [5.41, 5.74) is 2.34. The number of oxazole rings is 1. The van der Waals surface area contributed by atoms with Gasteiger partial charge in [-0.25, -0.2) is 4.79 Å². The van der Waals surface area contributed by atoms with Crippen molar-refractivity contribution in [2.75, 3.05) is 34.4 Å². The number of non-ortho nitro benzene ring substituents is 1. The maximum atomic E-state index is 12.8. The number of nitrogens with zero attached hydrogens (tertiary/aromatic N) is 3. The highest BCUT2D eigenvalue weighted by atomic mass is 16.6. The topological polar surface area (TPSA) is 126 Å². The number of ether oxygens (including phenoxy) is 3. The third kappa shape index (κ3) is 4.90. The molecule has 0 spiro atoms. The van der Waals surface area contributed by atoms with E-state index in [4.69, 9.17) is 18.6 Å². The number of carbonyl (C=O) groups is 1. The molecule has 1 aromatic heterocycles. The van der Waals surface area contributed by atoms with Gasteiger partial charge in [-0.1, -0.05) is 6.08 Å². The number of aryl methyl sites for hydroxylation is 1. The van der Waals surface area contributed by atoms with Crippen LogP contribution in [0, 0.1) is 10.1 Å². The molecule has 3 aromatic rings. The predicted octanol–water partition coefficient (Wildman–Crippen LogP) is 3.62. The van der Waals surface area contributed by atoms with Gasteiger partial charge >= 0.3 is 5.76 Å². The number of hydrogen-bond acceptors (Lipinski definition) is 8. The third-order valence-corrected chi connectivity index (χ3v) is 6.23. The first-order valence-corrected chi connectivity index (χ1v) is 11.4. The van der Waals surface area contributed by atoms with Gasteiger partial charge in [-0.3, -0.25) is 19.5 Å². The van der Waals surface area contributed by atoms with Crippen molar-refractivity contribution in [3.05, 3.63) is 62.6 Å². The van der Waals surface area contributed by atoms with Crippen molar-refractivity contribution in [3.63, 3.8) is 0 Å². The van der Waals surface area contributed by atoms with E-state index >= 15 is 0 Å². The van der Waals surface area contributed by atoms with Gasteiger partial charge < -0.3 is 23.5 Å². The summed E-state index contributed by atoms with van der Waals surface area (Å²) in [7, 11) is 4.76. The molecule has 190 valence electrons. The molecule has 2 aromatic carbocycles.